The van der Waals surface area contributed by atoms with Crippen molar-refractivity contribution in [3.05, 3.63) is 29.8 Å². The number of pyridine rings is 1. The van der Waals surface area contributed by atoms with Crippen LogP contribution >= 0.6 is 12.4 Å². The molecule has 1 heterocycles. The third kappa shape index (κ3) is 3.15. The lowest BCUT2D eigenvalue weighted by Crippen LogP contribution is -2.18. The molecule has 0 radical (unpaired) electrons. The Morgan fingerprint density at radius 1 is 1.67 bits per heavy atom. The number of rotatable bonds is 2. The second-order valence-corrected chi connectivity index (χ2v) is 2.63. The molecule has 4 heteroatoms. The molecule has 0 amide bonds. The normalized spacial score (nSPS) is 11.9. The molecule has 12 heavy (non-hydrogen) atoms. The maximum absolute atomic E-state index is 12.8. The number of halogens is 2. The Bertz CT molecular complexity index is 240. The second kappa shape index (κ2) is 5.06. The van der Waals surface area contributed by atoms with Crippen molar-refractivity contribution in [2.45, 2.75) is 19.4 Å². The molecule has 0 saturated carbocycles. The van der Waals surface area contributed by atoms with E-state index in [0.717, 1.165) is 0 Å². The van der Waals surface area contributed by atoms with Crippen LogP contribution in [0.3, 0.4) is 0 Å². The molecule has 0 aliphatic carbocycles. The molecule has 0 bridgehead atoms. The minimum absolute atomic E-state index is 0. The summed E-state index contributed by atoms with van der Waals surface area (Å²) in [5.41, 5.74) is 6.08. The van der Waals surface area contributed by atoms with E-state index in [1.807, 2.05) is 6.92 Å². The lowest BCUT2D eigenvalue weighted by Gasteiger charge is -2.04. The van der Waals surface area contributed by atoms with Gasteiger partial charge in [-0.3, -0.25) is 0 Å². The molecule has 0 aliphatic heterocycles. The van der Waals surface area contributed by atoms with Crippen LogP contribution in [0.1, 0.15) is 12.5 Å². The van der Waals surface area contributed by atoms with Crippen molar-refractivity contribution >= 4 is 12.4 Å². The average molecular weight is 191 g/mol. The van der Waals surface area contributed by atoms with Gasteiger partial charge < -0.3 is 5.73 Å². The summed E-state index contributed by atoms with van der Waals surface area (Å²) >= 11 is 0. The summed E-state index contributed by atoms with van der Waals surface area (Å²) in [6.07, 6.45) is 1.97. The van der Waals surface area contributed by atoms with Crippen LogP contribution in [0.2, 0.25) is 0 Å². The zero-order valence-electron chi connectivity index (χ0n) is 6.83. The van der Waals surface area contributed by atoms with Gasteiger partial charge in [0, 0.05) is 17.8 Å². The van der Waals surface area contributed by atoms with Gasteiger partial charge in [-0.05, 0) is 19.4 Å². The fraction of sp³-hybridized carbons (Fsp3) is 0.375. The van der Waals surface area contributed by atoms with Crippen LogP contribution in [-0.2, 0) is 6.42 Å². The third-order valence-corrected chi connectivity index (χ3v) is 1.38. The summed E-state index contributed by atoms with van der Waals surface area (Å²) in [4.78, 5) is 3.51. The van der Waals surface area contributed by atoms with Gasteiger partial charge in [0.2, 0.25) is 5.95 Å². The van der Waals surface area contributed by atoms with Crippen LogP contribution in [0.25, 0.3) is 0 Å². The number of hydrogen-bond donors (Lipinski definition) is 1. The summed E-state index contributed by atoms with van der Waals surface area (Å²) in [7, 11) is 0. The molecule has 0 saturated heterocycles. The first-order chi connectivity index (χ1) is 5.20. The molecule has 68 valence electrons. The Balaban J connectivity index is 0.00000121. The molecular formula is C8H12ClFN2. The van der Waals surface area contributed by atoms with Gasteiger partial charge in [0.15, 0.2) is 0 Å². The van der Waals surface area contributed by atoms with Crippen molar-refractivity contribution in [1.82, 2.24) is 4.98 Å². The summed E-state index contributed by atoms with van der Waals surface area (Å²) in [5, 5.41) is 0. The summed E-state index contributed by atoms with van der Waals surface area (Å²) < 4.78 is 12.8. The summed E-state index contributed by atoms with van der Waals surface area (Å²) in [6.45, 7) is 1.84. The molecule has 0 aliphatic rings. The molecular weight excluding hydrogens is 179 g/mol. The highest BCUT2D eigenvalue weighted by atomic mass is 35.5. The van der Waals surface area contributed by atoms with Crippen LogP contribution in [0.15, 0.2) is 18.3 Å². The quantitative estimate of drug-likeness (QED) is 0.719. The van der Waals surface area contributed by atoms with Gasteiger partial charge in [-0.1, -0.05) is 6.07 Å². The van der Waals surface area contributed by atoms with E-state index in [2.05, 4.69) is 4.98 Å². The average Bonchev–Trinajstić information content (AvgIpc) is 1.93. The Hall–Kier alpha value is -0.670. The van der Waals surface area contributed by atoms with E-state index in [1.165, 1.54) is 6.20 Å². The van der Waals surface area contributed by atoms with Crippen molar-refractivity contribution in [1.29, 1.82) is 0 Å². The van der Waals surface area contributed by atoms with Crippen molar-refractivity contribution in [2.24, 2.45) is 5.73 Å². The van der Waals surface area contributed by atoms with E-state index in [9.17, 15) is 4.39 Å². The first-order valence-electron chi connectivity index (χ1n) is 3.55. The first-order valence-corrected chi connectivity index (χ1v) is 3.55. The van der Waals surface area contributed by atoms with Crippen molar-refractivity contribution in [3.8, 4) is 0 Å². The maximum atomic E-state index is 12.8. The predicted molar refractivity (Wildman–Crippen MR) is 48.8 cm³/mol. The van der Waals surface area contributed by atoms with Crippen LogP contribution in [0.5, 0.6) is 0 Å². The van der Waals surface area contributed by atoms with Crippen molar-refractivity contribution in [3.63, 3.8) is 0 Å². The highest BCUT2D eigenvalue weighted by Crippen LogP contribution is 2.04. The van der Waals surface area contributed by atoms with Crippen LogP contribution in [0, 0.1) is 5.95 Å². The molecule has 0 spiro atoms. The molecule has 1 atom stereocenters. The predicted octanol–water partition coefficient (Wildman–Crippen LogP) is 1.53. The van der Waals surface area contributed by atoms with Gasteiger partial charge in [-0.2, -0.15) is 4.39 Å². The lowest BCUT2D eigenvalue weighted by molar-refractivity contribution is 0.556. The number of nitrogens with zero attached hydrogens (tertiary/aromatic N) is 1. The van der Waals surface area contributed by atoms with Crippen LogP contribution in [-0.4, -0.2) is 11.0 Å². The molecule has 2 nitrogen and oxygen atoms in total. The third-order valence-electron chi connectivity index (χ3n) is 1.38. The van der Waals surface area contributed by atoms with E-state index in [0.29, 0.717) is 12.0 Å². The fourth-order valence-corrected chi connectivity index (χ4v) is 0.918. The van der Waals surface area contributed by atoms with Crippen molar-refractivity contribution in [2.75, 3.05) is 0 Å². The molecule has 1 aromatic heterocycles. The van der Waals surface area contributed by atoms with Gasteiger partial charge in [-0.25, -0.2) is 4.98 Å². The largest absolute Gasteiger partial charge is 0.328 e. The molecule has 0 aromatic carbocycles. The molecule has 2 N–H and O–H groups in total. The maximum Gasteiger partial charge on any atom is 0.216 e. The van der Waals surface area contributed by atoms with E-state index >= 15 is 0 Å². The van der Waals surface area contributed by atoms with E-state index in [4.69, 9.17) is 5.73 Å². The molecule has 0 fully saturated rings. The van der Waals surface area contributed by atoms with E-state index < -0.39 is 5.95 Å². The van der Waals surface area contributed by atoms with Gasteiger partial charge in [0.25, 0.3) is 0 Å². The minimum atomic E-state index is -0.412. The fourth-order valence-electron chi connectivity index (χ4n) is 0.918. The number of hydrogen-bond acceptors (Lipinski definition) is 2. The summed E-state index contributed by atoms with van der Waals surface area (Å²) in [5.74, 6) is -0.412. The Morgan fingerprint density at radius 3 is 2.83 bits per heavy atom. The zero-order chi connectivity index (χ0) is 8.27. The standard InChI is InChI=1S/C8H11FN2.ClH/c1-6(10)5-7-3-2-4-11-8(7)9;/h2-4,6H,5,10H2,1H3;1H. The minimum Gasteiger partial charge on any atom is -0.328 e. The SMILES string of the molecule is CC(N)Cc1cccnc1F.Cl. The summed E-state index contributed by atoms with van der Waals surface area (Å²) in [6, 6.07) is 3.39. The van der Waals surface area contributed by atoms with Crippen LogP contribution < -0.4 is 5.73 Å². The lowest BCUT2D eigenvalue weighted by atomic mass is 10.1. The Kier molecular flexibility index (Phi) is 4.78. The Labute approximate surface area is 77.4 Å². The Morgan fingerprint density at radius 2 is 2.33 bits per heavy atom. The zero-order valence-corrected chi connectivity index (χ0v) is 7.64. The van der Waals surface area contributed by atoms with Gasteiger partial charge >= 0.3 is 0 Å². The highest BCUT2D eigenvalue weighted by Gasteiger charge is 2.03. The molecule has 1 rings (SSSR count). The van der Waals surface area contributed by atoms with E-state index in [-0.39, 0.29) is 18.4 Å². The van der Waals surface area contributed by atoms with Gasteiger partial charge in [0.05, 0.1) is 0 Å². The molecule has 1 aromatic rings. The van der Waals surface area contributed by atoms with Gasteiger partial charge in [0.1, 0.15) is 0 Å². The monoisotopic (exact) mass is 190 g/mol. The topological polar surface area (TPSA) is 38.9 Å². The number of nitrogens with two attached hydrogens (primary N) is 1. The smallest absolute Gasteiger partial charge is 0.216 e. The number of aromatic nitrogens is 1. The molecule has 1 unspecified atom stereocenters. The van der Waals surface area contributed by atoms with Gasteiger partial charge in [-0.15, -0.1) is 12.4 Å². The van der Waals surface area contributed by atoms with E-state index in [1.54, 1.807) is 12.1 Å². The van der Waals surface area contributed by atoms with Crippen molar-refractivity contribution < 1.29 is 4.39 Å². The second-order valence-electron chi connectivity index (χ2n) is 2.63. The highest BCUT2D eigenvalue weighted by molar-refractivity contribution is 5.85. The first kappa shape index (κ1) is 11.3. The van der Waals surface area contributed by atoms with Crippen LogP contribution in [0.4, 0.5) is 4.39 Å².